The van der Waals surface area contributed by atoms with E-state index in [-0.39, 0.29) is 77.1 Å². The van der Waals surface area contributed by atoms with Gasteiger partial charge < -0.3 is 60.9 Å². The molecule has 0 bridgehead atoms. The maximum absolute atomic E-state index is 14.0. The van der Waals surface area contributed by atoms with E-state index >= 15 is 0 Å². The number of unbranched alkanes of at least 4 members (excludes halogenated alkanes) is 2. The average Bonchev–Trinajstić information content (AvgIpc) is 3.79. The number of carbonyl (C=O) groups is 8. The number of aliphatic hydroxyl groups excluding tert-OH is 1. The van der Waals surface area contributed by atoms with Gasteiger partial charge in [0.25, 0.3) is 0 Å². The van der Waals surface area contributed by atoms with Crippen molar-refractivity contribution in [2.75, 3.05) is 131 Å². The lowest BCUT2D eigenvalue weighted by molar-refractivity contribution is -0.148. The SMILES string of the molecule is C=CCN(CC(C)=O)C(=O)CN(CCCCN)C(=O)CN(CC=C)C(=O)CN(CCCCN)C(=O)CN(CC=C)C(=O)CN(CCO)C(=O)CN(CC=C)C(=O)CNCCc1ccc2c(c1)CCO2. The third kappa shape index (κ3) is 21.7. The Labute approximate surface area is 407 Å². The van der Waals surface area contributed by atoms with Gasteiger partial charge in [-0.1, -0.05) is 36.4 Å². The van der Waals surface area contributed by atoms with Crippen LogP contribution in [0.1, 0.15) is 43.7 Å². The summed E-state index contributed by atoms with van der Waals surface area (Å²) < 4.78 is 5.57. The molecular weight excluding hydrogens is 889 g/mol. The molecule has 382 valence electrons. The number of nitrogens with one attached hydrogen (secondary N) is 1. The molecule has 1 aromatic rings. The van der Waals surface area contributed by atoms with Gasteiger partial charge in [0.2, 0.25) is 41.4 Å². The summed E-state index contributed by atoms with van der Waals surface area (Å²) in [7, 11) is 0. The van der Waals surface area contributed by atoms with E-state index in [1.807, 2.05) is 12.1 Å². The molecule has 20 heteroatoms. The summed E-state index contributed by atoms with van der Waals surface area (Å²) in [5.74, 6) is -3.23. The molecule has 0 aliphatic carbocycles. The highest BCUT2D eigenvalue weighted by Gasteiger charge is 2.29. The first kappa shape index (κ1) is 58.9. The highest BCUT2D eigenvalue weighted by molar-refractivity contribution is 5.93. The van der Waals surface area contributed by atoms with Crippen LogP contribution in [0.15, 0.2) is 68.8 Å². The van der Waals surface area contributed by atoms with Crippen LogP contribution in [0, 0.1) is 0 Å². The minimum Gasteiger partial charge on any atom is -0.493 e. The number of hydrogen-bond acceptors (Lipinski definition) is 13. The number of carbonyl (C=O) groups excluding carboxylic acids is 8. The predicted octanol–water partition coefficient (Wildman–Crippen LogP) is -0.643. The fourth-order valence-corrected chi connectivity index (χ4v) is 7.32. The Morgan fingerprint density at radius 3 is 1.42 bits per heavy atom. The van der Waals surface area contributed by atoms with E-state index in [2.05, 4.69) is 37.7 Å². The molecule has 20 nitrogen and oxygen atoms in total. The summed E-state index contributed by atoms with van der Waals surface area (Å²) in [6.45, 7) is 14.6. The molecule has 0 saturated heterocycles. The van der Waals surface area contributed by atoms with E-state index in [4.69, 9.17) is 16.2 Å². The van der Waals surface area contributed by atoms with E-state index in [0.717, 1.165) is 28.2 Å². The molecule has 2 rings (SSSR count). The molecular formula is C49H76N10O10. The van der Waals surface area contributed by atoms with Crippen LogP contribution in [0.5, 0.6) is 5.75 Å². The van der Waals surface area contributed by atoms with Crippen molar-refractivity contribution in [2.24, 2.45) is 11.5 Å². The maximum Gasteiger partial charge on any atom is 0.242 e. The van der Waals surface area contributed by atoms with Crippen molar-refractivity contribution in [3.05, 3.63) is 79.9 Å². The van der Waals surface area contributed by atoms with Gasteiger partial charge in [-0.2, -0.15) is 0 Å². The van der Waals surface area contributed by atoms with Gasteiger partial charge in [0.05, 0.1) is 45.9 Å². The van der Waals surface area contributed by atoms with E-state index < -0.39 is 74.8 Å². The van der Waals surface area contributed by atoms with Crippen molar-refractivity contribution in [2.45, 2.75) is 45.4 Å². The van der Waals surface area contributed by atoms with Crippen LogP contribution in [-0.2, 0) is 51.2 Å². The van der Waals surface area contributed by atoms with Crippen LogP contribution in [0.2, 0.25) is 0 Å². The number of nitrogens with two attached hydrogens (primary N) is 2. The molecule has 0 atom stereocenters. The summed E-state index contributed by atoms with van der Waals surface area (Å²) in [5.41, 5.74) is 13.7. The monoisotopic (exact) mass is 965 g/mol. The highest BCUT2D eigenvalue weighted by Crippen LogP contribution is 2.26. The first-order valence-electron chi connectivity index (χ1n) is 23.5. The van der Waals surface area contributed by atoms with Gasteiger partial charge >= 0.3 is 0 Å². The van der Waals surface area contributed by atoms with Gasteiger partial charge in [-0.3, -0.25) is 38.4 Å². The van der Waals surface area contributed by atoms with Gasteiger partial charge in [-0.05, 0) is 75.9 Å². The minimum atomic E-state index is -0.655. The molecule has 1 aromatic carbocycles. The zero-order chi connectivity index (χ0) is 51.1. The van der Waals surface area contributed by atoms with Crippen molar-refractivity contribution >= 4 is 47.1 Å². The van der Waals surface area contributed by atoms with Crippen molar-refractivity contribution < 1.29 is 48.2 Å². The summed E-state index contributed by atoms with van der Waals surface area (Å²) in [5, 5.41) is 13.0. The molecule has 7 amide bonds. The van der Waals surface area contributed by atoms with Crippen LogP contribution in [0.25, 0.3) is 0 Å². The highest BCUT2D eigenvalue weighted by atomic mass is 16.5. The normalized spacial score (nSPS) is 11.3. The molecule has 0 fully saturated rings. The molecule has 0 spiro atoms. The zero-order valence-electron chi connectivity index (χ0n) is 40.7. The van der Waals surface area contributed by atoms with E-state index in [9.17, 15) is 43.5 Å². The number of ketones is 1. The van der Waals surface area contributed by atoms with E-state index in [1.165, 1.54) is 60.6 Å². The minimum absolute atomic E-state index is 0.0515. The third-order valence-electron chi connectivity index (χ3n) is 11.0. The lowest BCUT2D eigenvalue weighted by atomic mass is 10.1. The molecule has 0 radical (unpaired) electrons. The number of hydrogen-bond donors (Lipinski definition) is 4. The van der Waals surface area contributed by atoms with Crippen LogP contribution < -0.4 is 21.5 Å². The fraction of sp³-hybridized carbons (Fsp3) is 0.551. The summed E-state index contributed by atoms with van der Waals surface area (Å²) in [6, 6.07) is 6.03. The summed E-state index contributed by atoms with van der Waals surface area (Å²) in [4.78, 5) is 116. The summed E-state index contributed by atoms with van der Waals surface area (Å²) >= 11 is 0. The Bertz CT molecular complexity index is 1910. The zero-order valence-corrected chi connectivity index (χ0v) is 40.7. The van der Waals surface area contributed by atoms with Crippen molar-refractivity contribution in [3.63, 3.8) is 0 Å². The first-order chi connectivity index (χ1) is 33.2. The standard InChI is InChI=1S/C49H76N10O10/c1-6-21-53(32-39(5)61)44(63)36-57(25-12-10-18-50)47(66)34-55(23-8-3)45(64)37-58(26-13-11-19-51)48(67)35-56(24-9-4)46(65)38-59(27-28-60)49(68)33-54(22-7-2)43(62)31-52-20-16-40-14-15-42-41(30-40)17-29-69-42/h6-9,14-15,30,52,60H,1-4,10-13,16-29,31-38,50-51H2,5H3. The van der Waals surface area contributed by atoms with Crippen molar-refractivity contribution in [3.8, 4) is 5.75 Å². The molecule has 69 heavy (non-hydrogen) atoms. The second-order valence-corrected chi connectivity index (χ2v) is 16.6. The smallest absolute Gasteiger partial charge is 0.242 e. The molecule has 1 aliphatic heterocycles. The molecule has 1 aliphatic rings. The number of Topliss-reactive ketones (excluding diaryl/α,β-unsaturated/α-hetero) is 1. The number of rotatable bonds is 37. The average molecular weight is 965 g/mol. The van der Waals surface area contributed by atoms with Gasteiger partial charge in [-0.15, -0.1) is 26.3 Å². The summed E-state index contributed by atoms with van der Waals surface area (Å²) in [6.07, 6.45) is 9.31. The van der Waals surface area contributed by atoms with Gasteiger partial charge in [0.15, 0.2) is 0 Å². The van der Waals surface area contributed by atoms with Gasteiger partial charge in [0.1, 0.15) is 31.2 Å². The Morgan fingerprint density at radius 2 is 1.00 bits per heavy atom. The van der Waals surface area contributed by atoms with E-state index in [0.29, 0.717) is 58.3 Å². The Kier molecular flexibility index (Phi) is 28.4. The second kappa shape index (κ2) is 33.3. The van der Waals surface area contributed by atoms with Crippen LogP contribution >= 0.6 is 0 Å². The quantitative estimate of drug-likeness (QED) is 0.0479. The van der Waals surface area contributed by atoms with Crippen molar-refractivity contribution in [1.82, 2.24) is 39.6 Å². The first-order valence-corrected chi connectivity index (χ1v) is 23.5. The number of nitrogens with zero attached hydrogens (tertiary/aromatic N) is 7. The van der Waals surface area contributed by atoms with Crippen LogP contribution in [0.4, 0.5) is 0 Å². The number of benzene rings is 1. The number of fused-ring (bicyclic) bond motifs is 1. The molecule has 6 N–H and O–H groups in total. The van der Waals surface area contributed by atoms with E-state index in [1.54, 1.807) is 0 Å². The molecule has 0 saturated carbocycles. The molecule has 0 aromatic heterocycles. The lowest BCUT2D eigenvalue weighted by Crippen LogP contribution is -2.52. The predicted molar refractivity (Wildman–Crippen MR) is 263 cm³/mol. The van der Waals surface area contributed by atoms with Crippen LogP contribution in [0.3, 0.4) is 0 Å². The lowest BCUT2D eigenvalue weighted by Gasteiger charge is -2.32. The Balaban J connectivity index is 2.18. The van der Waals surface area contributed by atoms with Gasteiger partial charge in [-0.25, -0.2) is 0 Å². The third-order valence-corrected chi connectivity index (χ3v) is 11.0. The maximum atomic E-state index is 14.0. The number of aliphatic hydroxyl groups is 1. The van der Waals surface area contributed by atoms with Crippen molar-refractivity contribution in [1.29, 1.82) is 0 Å². The Hall–Kier alpha value is -6.22. The second-order valence-electron chi connectivity index (χ2n) is 16.6. The van der Waals surface area contributed by atoms with Gasteiger partial charge in [0, 0.05) is 52.2 Å². The largest absolute Gasteiger partial charge is 0.493 e. The molecule has 0 unspecified atom stereocenters. The van der Waals surface area contributed by atoms with Crippen LogP contribution in [-0.4, -0.2) is 218 Å². The molecule has 1 heterocycles. The number of ether oxygens (including phenoxy) is 1. The Morgan fingerprint density at radius 1 is 0.594 bits per heavy atom. The number of amides is 7. The topological polar surface area (TPSA) is 253 Å². The fourth-order valence-electron chi connectivity index (χ4n) is 7.32.